The highest BCUT2D eigenvalue weighted by molar-refractivity contribution is 5.91. The van der Waals surface area contributed by atoms with Crippen LogP contribution < -0.4 is 0 Å². The Bertz CT molecular complexity index is 431. The number of hydrogen-bond donors (Lipinski definition) is 0. The van der Waals surface area contributed by atoms with Gasteiger partial charge in [0.05, 0.1) is 0 Å². The molecular weight excluding hydrogens is 244 g/mol. The standard InChI is InChI=1S/C19H28O/c1-5-19(20)18-13-11-17(12-14-18)10-9-16(4)8-6-7-15(2)3/h5,7,9,11,18H,1,6,8,10,12-14H2,2-4H3. The zero-order valence-corrected chi connectivity index (χ0v) is 13.2. The SMILES string of the molecule is C=CC(=O)C1CC=C(CC=C(C)CCC=C(C)C)CC1. The summed E-state index contributed by atoms with van der Waals surface area (Å²) >= 11 is 0. The Balaban J connectivity index is 2.38. The first-order valence-electron chi connectivity index (χ1n) is 7.66. The Morgan fingerprint density at radius 2 is 2.10 bits per heavy atom. The monoisotopic (exact) mass is 272 g/mol. The molecule has 0 heterocycles. The summed E-state index contributed by atoms with van der Waals surface area (Å²) in [7, 11) is 0. The number of carbonyl (C=O) groups is 1. The molecule has 0 N–H and O–H groups in total. The van der Waals surface area contributed by atoms with Crippen LogP contribution in [0.3, 0.4) is 0 Å². The van der Waals surface area contributed by atoms with Gasteiger partial charge in [-0.25, -0.2) is 0 Å². The largest absolute Gasteiger partial charge is 0.295 e. The summed E-state index contributed by atoms with van der Waals surface area (Å²) in [4.78, 5) is 11.5. The lowest BCUT2D eigenvalue weighted by Gasteiger charge is -2.19. The summed E-state index contributed by atoms with van der Waals surface area (Å²) < 4.78 is 0. The summed E-state index contributed by atoms with van der Waals surface area (Å²) in [5.74, 6) is 0.382. The van der Waals surface area contributed by atoms with E-state index < -0.39 is 0 Å². The lowest BCUT2D eigenvalue weighted by Crippen LogP contribution is -2.14. The maximum atomic E-state index is 11.5. The fourth-order valence-electron chi connectivity index (χ4n) is 2.49. The molecule has 20 heavy (non-hydrogen) atoms. The molecule has 1 nitrogen and oxygen atoms in total. The maximum Gasteiger partial charge on any atom is 0.158 e. The molecule has 0 bridgehead atoms. The minimum absolute atomic E-state index is 0.180. The van der Waals surface area contributed by atoms with E-state index in [9.17, 15) is 4.79 Å². The van der Waals surface area contributed by atoms with E-state index in [0.29, 0.717) is 0 Å². The van der Waals surface area contributed by atoms with E-state index in [0.717, 1.165) is 38.5 Å². The van der Waals surface area contributed by atoms with Crippen LogP contribution in [0, 0.1) is 5.92 Å². The third-order valence-corrected chi connectivity index (χ3v) is 3.91. The molecule has 1 unspecified atom stereocenters. The third-order valence-electron chi connectivity index (χ3n) is 3.91. The average molecular weight is 272 g/mol. The normalized spacial score (nSPS) is 19.2. The number of rotatable bonds is 7. The Morgan fingerprint density at radius 1 is 1.35 bits per heavy atom. The Hall–Kier alpha value is -1.37. The first-order chi connectivity index (χ1) is 9.52. The summed E-state index contributed by atoms with van der Waals surface area (Å²) in [5, 5.41) is 0. The van der Waals surface area contributed by atoms with Crippen molar-refractivity contribution in [2.24, 2.45) is 5.92 Å². The van der Waals surface area contributed by atoms with E-state index in [2.05, 4.69) is 45.6 Å². The number of ketones is 1. The molecule has 1 heteroatoms. The van der Waals surface area contributed by atoms with E-state index in [1.807, 2.05) is 0 Å². The van der Waals surface area contributed by atoms with Crippen molar-refractivity contribution in [3.8, 4) is 0 Å². The Morgan fingerprint density at radius 3 is 2.65 bits per heavy atom. The van der Waals surface area contributed by atoms with Crippen LogP contribution in [0.4, 0.5) is 0 Å². The summed E-state index contributed by atoms with van der Waals surface area (Å²) in [6, 6.07) is 0. The van der Waals surface area contributed by atoms with Gasteiger partial charge in [0.2, 0.25) is 0 Å². The van der Waals surface area contributed by atoms with Crippen LogP contribution in [-0.4, -0.2) is 5.78 Å². The van der Waals surface area contributed by atoms with Gasteiger partial charge in [0.15, 0.2) is 5.78 Å². The van der Waals surface area contributed by atoms with Crippen molar-refractivity contribution in [2.75, 3.05) is 0 Å². The molecule has 0 aromatic rings. The second kappa shape index (κ2) is 8.73. The van der Waals surface area contributed by atoms with Crippen LogP contribution in [-0.2, 0) is 4.79 Å². The molecule has 0 saturated carbocycles. The highest BCUT2D eigenvalue weighted by atomic mass is 16.1. The highest BCUT2D eigenvalue weighted by Gasteiger charge is 2.18. The molecule has 0 aromatic carbocycles. The third kappa shape index (κ3) is 6.18. The Kier molecular flexibility index (Phi) is 7.28. The molecule has 1 rings (SSSR count). The number of carbonyl (C=O) groups excluding carboxylic acids is 1. The van der Waals surface area contributed by atoms with E-state index in [-0.39, 0.29) is 11.7 Å². The van der Waals surface area contributed by atoms with Gasteiger partial charge >= 0.3 is 0 Å². The van der Waals surface area contributed by atoms with Gasteiger partial charge in [0.25, 0.3) is 0 Å². The van der Waals surface area contributed by atoms with Crippen LogP contribution in [0.5, 0.6) is 0 Å². The molecule has 1 aliphatic carbocycles. The van der Waals surface area contributed by atoms with Gasteiger partial charge in [0, 0.05) is 5.92 Å². The van der Waals surface area contributed by atoms with E-state index >= 15 is 0 Å². The average Bonchev–Trinajstić information content (AvgIpc) is 2.44. The van der Waals surface area contributed by atoms with Crippen molar-refractivity contribution in [1.29, 1.82) is 0 Å². The summed E-state index contributed by atoms with van der Waals surface area (Å²) in [6.07, 6.45) is 14.6. The fourth-order valence-corrected chi connectivity index (χ4v) is 2.49. The van der Waals surface area contributed by atoms with Crippen molar-refractivity contribution >= 4 is 5.78 Å². The van der Waals surface area contributed by atoms with Crippen LogP contribution in [0.25, 0.3) is 0 Å². The minimum atomic E-state index is 0.180. The van der Waals surface area contributed by atoms with Crippen LogP contribution in [0.2, 0.25) is 0 Å². The smallest absolute Gasteiger partial charge is 0.158 e. The molecule has 0 spiro atoms. The second-order valence-electron chi connectivity index (χ2n) is 6.01. The van der Waals surface area contributed by atoms with Gasteiger partial charge < -0.3 is 0 Å². The topological polar surface area (TPSA) is 17.1 Å². The van der Waals surface area contributed by atoms with Gasteiger partial charge in [0.1, 0.15) is 0 Å². The van der Waals surface area contributed by atoms with Gasteiger partial charge in [-0.2, -0.15) is 0 Å². The van der Waals surface area contributed by atoms with Gasteiger partial charge in [-0.15, -0.1) is 0 Å². The lowest BCUT2D eigenvalue weighted by molar-refractivity contribution is -0.118. The molecule has 0 aliphatic heterocycles. The molecule has 0 aromatic heterocycles. The van der Waals surface area contributed by atoms with Crippen molar-refractivity contribution in [3.05, 3.63) is 47.6 Å². The van der Waals surface area contributed by atoms with Crippen molar-refractivity contribution in [2.45, 2.75) is 59.3 Å². The number of allylic oxidation sites excluding steroid dienone is 7. The van der Waals surface area contributed by atoms with E-state index in [4.69, 9.17) is 0 Å². The summed E-state index contributed by atoms with van der Waals surface area (Å²) in [6.45, 7) is 10.1. The first kappa shape index (κ1) is 16.7. The van der Waals surface area contributed by atoms with Crippen molar-refractivity contribution < 1.29 is 4.79 Å². The van der Waals surface area contributed by atoms with E-state index in [1.54, 1.807) is 0 Å². The van der Waals surface area contributed by atoms with Gasteiger partial charge in [-0.05, 0) is 65.4 Å². The first-order valence-corrected chi connectivity index (χ1v) is 7.66. The zero-order valence-electron chi connectivity index (χ0n) is 13.2. The zero-order chi connectivity index (χ0) is 15.0. The fraction of sp³-hybridized carbons (Fsp3) is 0.526. The van der Waals surface area contributed by atoms with Crippen LogP contribution in [0.15, 0.2) is 47.6 Å². The second-order valence-corrected chi connectivity index (χ2v) is 6.01. The molecule has 0 radical (unpaired) electrons. The molecular formula is C19H28O. The van der Waals surface area contributed by atoms with Crippen molar-refractivity contribution in [1.82, 2.24) is 0 Å². The lowest BCUT2D eigenvalue weighted by atomic mass is 9.85. The number of hydrogen-bond acceptors (Lipinski definition) is 1. The predicted octanol–water partition coefficient (Wildman–Crippen LogP) is 5.55. The predicted molar refractivity (Wildman–Crippen MR) is 87.7 cm³/mol. The van der Waals surface area contributed by atoms with Gasteiger partial charge in [-0.1, -0.05) is 41.5 Å². The van der Waals surface area contributed by atoms with Crippen LogP contribution >= 0.6 is 0 Å². The maximum absolute atomic E-state index is 11.5. The minimum Gasteiger partial charge on any atom is -0.295 e. The van der Waals surface area contributed by atoms with Gasteiger partial charge in [-0.3, -0.25) is 4.79 Å². The summed E-state index contributed by atoms with van der Waals surface area (Å²) in [5.41, 5.74) is 4.35. The van der Waals surface area contributed by atoms with Crippen LogP contribution in [0.1, 0.15) is 59.3 Å². The molecule has 1 atom stereocenters. The molecule has 110 valence electrons. The highest BCUT2D eigenvalue weighted by Crippen LogP contribution is 2.27. The molecule has 1 aliphatic rings. The molecule has 0 saturated heterocycles. The quantitative estimate of drug-likeness (QED) is 0.438. The molecule has 0 fully saturated rings. The molecule has 0 amide bonds. The van der Waals surface area contributed by atoms with E-state index in [1.165, 1.54) is 22.8 Å². The van der Waals surface area contributed by atoms with Crippen molar-refractivity contribution in [3.63, 3.8) is 0 Å². The Labute approximate surface area is 124 Å².